The molecule has 0 radical (unpaired) electrons. The van der Waals surface area contributed by atoms with Gasteiger partial charge in [-0.2, -0.15) is 0 Å². The molecule has 2 rings (SSSR count). The first kappa shape index (κ1) is 13.0. The van der Waals surface area contributed by atoms with E-state index >= 15 is 0 Å². The van der Waals surface area contributed by atoms with E-state index in [1.807, 2.05) is 0 Å². The summed E-state index contributed by atoms with van der Waals surface area (Å²) in [5, 5.41) is 3.03. The average molecular weight is 304 g/mol. The maximum absolute atomic E-state index is 13.9. The molecule has 1 fully saturated rings. The minimum Gasteiger partial charge on any atom is -0.313 e. The number of benzene rings is 1. The number of nitrogens with one attached hydrogen (secondary N) is 1. The van der Waals surface area contributed by atoms with Gasteiger partial charge >= 0.3 is 0 Å². The van der Waals surface area contributed by atoms with Crippen LogP contribution < -0.4 is 5.32 Å². The highest BCUT2D eigenvalue weighted by Crippen LogP contribution is 2.37. The highest BCUT2D eigenvalue weighted by Gasteiger charge is 2.26. The third kappa shape index (κ3) is 2.68. The Bertz CT molecular complexity index is 405. The molecule has 0 aromatic heterocycles. The van der Waals surface area contributed by atoms with Crippen molar-refractivity contribution in [3.8, 4) is 0 Å². The third-order valence-corrected chi connectivity index (χ3v) is 4.18. The SMILES string of the molecule is CNC(CC1CCC1)c1c(F)ccc(Br)c1F. The summed E-state index contributed by atoms with van der Waals surface area (Å²) < 4.78 is 28.0. The van der Waals surface area contributed by atoms with Crippen LogP contribution in [0.1, 0.15) is 37.3 Å². The van der Waals surface area contributed by atoms with Crippen LogP contribution in [0.2, 0.25) is 0 Å². The number of halogens is 3. The van der Waals surface area contributed by atoms with Crippen LogP contribution in [-0.2, 0) is 0 Å². The van der Waals surface area contributed by atoms with Gasteiger partial charge in [0, 0.05) is 11.6 Å². The molecule has 0 bridgehead atoms. The van der Waals surface area contributed by atoms with Gasteiger partial charge in [-0.15, -0.1) is 0 Å². The second-order valence-corrected chi connectivity index (χ2v) is 5.49. The summed E-state index contributed by atoms with van der Waals surface area (Å²) >= 11 is 3.11. The Morgan fingerprint density at radius 3 is 2.65 bits per heavy atom. The Balaban J connectivity index is 2.25. The van der Waals surface area contributed by atoms with E-state index in [2.05, 4.69) is 21.2 Å². The Hall–Kier alpha value is -0.480. The van der Waals surface area contributed by atoms with E-state index in [1.54, 1.807) is 7.05 Å². The zero-order valence-electron chi connectivity index (χ0n) is 9.77. The Kier molecular flexibility index (Phi) is 4.15. The van der Waals surface area contributed by atoms with Gasteiger partial charge < -0.3 is 5.32 Å². The molecule has 1 aromatic carbocycles. The molecule has 0 aliphatic heterocycles. The summed E-state index contributed by atoms with van der Waals surface area (Å²) in [4.78, 5) is 0. The quantitative estimate of drug-likeness (QED) is 0.823. The van der Waals surface area contributed by atoms with Gasteiger partial charge in [-0.3, -0.25) is 0 Å². The van der Waals surface area contributed by atoms with E-state index in [1.165, 1.54) is 31.4 Å². The minimum atomic E-state index is -0.483. The fourth-order valence-corrected chi connectivity index (χ4v) is 2.65. The predicted octanol–water partition coefficient (Wildman–Crippen LogP) is 4.18. The van der Waals surface area contributed by atoms with Crippen LogP contribution in [0.3, 0.4) is 0 Å². The van der Waals surface area contributed by atoms with E-state index < -0.39 is 11.6 Å². The molecule has 1 aromatic rings. The number of rotatable bonds is 4. The Labute approximate surface area is 109 Å². The van der Waals surface area contributed by atoms with Crippen molar-refractivity contribution in [1.29, 1.82) is 0 Å². The lowest BCUT2D eigenvalue weighted by Gasteiger charge is -2.30. The molecule has 0 amide bonds. The van der Waals surface area contributed by atoms with Crippen LogP contribution in [0.4, 0.5) is 8.78 Å². The van der Waals surface area contributed by atoms with Crippen LogP contribution in [0.25, 0.3) is 0 Å². The Morgan fingerprint density at radius 1 is 1.41 bits per heavy atom. The van der Waals surface area contributed by atoms with Crippen molar-refractivity contribution in [3.63, 3.8) is 0 Å². The van der Waals surface area contributed by atoms with Gasteiger partial charge in [-0.05, 0) is 47.4 Å². The summed E-state index contributed by atoms with van der Waals surface area (Å²) in [6.07, 6.45) is 4.40. The fourth-order valence-electron chi connectivity index (χ4n) is 2.30. The van der Waals surface area contributed by atoms with Crippen LogP contribution >= 0.6 is 15.9 Å². The van der Waals surface area contributed by atoms with Crippen LogP contribution in [0, 0.1) is 17.6 Å². The number of hydrogen-bond acceptors (Lipinski definition) is 1. The molecule has 0 spiro atoms. The maximum atomic E-state index is 13.9. The fraction of sp³-hybridized carbons (Fsp3) is 0.538. The van der Waals surface area contributed by atoms with Crippen LogP contribution in [-0.4, -0.2) is 7.05 Å². The zero-order chi connectivity index (χ0) is 12.4. The van der Waals surface area contributed by atoms with Gasteiger partial charge in [-0.25, -0.2) is 8.78 Å². The van der Waals surface area contributed by atoms with Gasteiger partial charge in [0.05, 0.1) is 4.47 Å². The highest BCUT2D eigenvalue weighted by molar-refractivity contribution is 9.10. The highest BCUT2D eigenvalue weighted by atomic mass is 79.9. The van der Waals surface area contributed by atoms with Crippen LogP contribution in [0.15, 0.2) is 16.6 Å². The summed E-state index contributed by atoms with van der Waals surface area (Å²) in [5.74, 6) is -0.349. The van der Waals surface area contributed by atoms with Gasteiger partial charge in [0.1, 0.15) is 11.6 Å². The lowest BCUT2D eigenvalue weighted by atomic mass is 9.79. The summed E-state index contributed by atoms with van der Waals surface area (Å²) in [5.41, 5.74) is 0.161. The van der Waals surface area contributed by atoms with Crippen molar-refractivity contribution >= 4 is 15.9 Å². The molecule has 0 heterocycles. The van der Waals surface area contributed by atoms with E-state index in [0.29, 0.717) is 10.4 Å². The first-order valence-corrected chi connectivity index (χ1v) is 6.73. The van der Waals surface area contributed by atoms with Crippen molar-refractivity contribution in [3.05, 3.63) is 33.8 Å². The molecule has 1 unspecified atom stereocenters. The molecular formula is C13H16BrF2N. The maximum Gasteiger partial charge on any atom is 0.145 e. The summed E-state index contributed by atoms with van der Waals surface area (Å²) in [7, 11) is 1.75. The molecule has 1 aliphatic rings. The van der Waals surface area contributed by atoms with E-state index in [4.69, 9.17) is 0 Å². The first-order valence-electron chi connectivity index (χ1n) is 5.94. The largest absolute Gasteiger partial charge is 0.313 e. The standard InChI is InChI=1S/C13H16BrF2N/c1-17-11(7-8-3-2-4-8)12-10(15)6-5-9(14)13(12)16/h5-6,8,11,17H,2-4,7H2,1H3. The molecule has 1 aliphatic carbocycles. The first-order chi connectivity index (χ1) is 8.13. The predicted molar refractivity (Wildman–Crippen MR) is 67.8 cm³/mol. The van der Waals surface area contributed by atoms with Gasteiger partial charge in [0.25, 0.3) is 0 Å². The van der Waals surface area contributed by atoms with Crippen molar-refractivity contribution < 1.29 is 8.78 Å². The Morgan fingerprint density at radius 2 is 2.12 bits per heavy atom. The third-order valence-electron chi connectivity index (χ3n) is 3.57. The molecule has 94 valence electrons. The van der Waals surface area contributed by atoms with Gasteiger partial charge in [-0.1, -0.05) is 19.3 Å². The minimum absolute atomic E-state index is 0.161. The zero-order valence-corrected chi connectivity index (χ0v) is 11.4. The molecule has 17 heavy (non-hydrogen) atoms. The van der Waals surface area contributed by atoms with Gasteiger partial charge in [0.15, 0.2) is 0 Å². The second-order valence-electron chi connectivity index (χ2n) is 4.63. The van der Waals surface area contributed by atoms with Crippen LogP contribution in [0.5, 0.6) is 0 Å². The van der Waals surface area contributed by atoms with Crippen molar-refractivity contribution in [2.24, 2.45) is 5.92 Å². The molecule has 1 saturated carbocycles. The molecule has 1 atom stereocenters. The monoisotopic (exact) mass is 303 g/mol. The van der Waals surface area contributed by atoms with Crippen molar-refractivity contribution in [1.82, 2.24) is 5.32 Å². The average Bonchev–Trinajstić information content (AvgIpc) is 2.26. The number of hydrogen-bond donors (Lipinski definition) is 1. The van der Waals surface area contributed by atoms with E-state index in [9.17, 15) is 8.78 Å². The molecule has 1 N–H and O–H groups in total. The van der Waals surface area contributed by atoms with Gasteiger partial charge in [0.2, 0.25) is 0 Å². The van der Waals surface area contributed by atoms with Crippen molar-refractivity contribution in [2.45, 2.75) is 31.7 Å². The lowest BCUT2D eigenvalue weighted by molar-refractivity contribution is 0.261. The molecule has 0 saturated heterocycles. The smallest absolute Gasteiger partial charge is 0.145 e. The second kappa shape index (κ2) is 5.44. The lowest BCUT2D eigenvalue weighted by Crippen LogP contribution is -2.25. The summed E-state index contributed by atoms with van der Waals surface area (Å²) in [6.45, 7) is 0. The molecule has 1 nitrogen and oxygen atoms in total. The molecular weight excluding hydrogens is 288 g/mol. The topological polar surface area (TPSA) is 12.0 Å². The molecule has 4 heteroatoms. The normalized spacial score (nSPS) is 17.9. The van der Waals surface area contributed by atoms with E-state index in [0.717, 1.165) is 6.42 Å². The van der Waals surface area contributed by atoms with E-state index in [-0.39, 0.29) is 11.6 Å². The van der Waals surface area contributed by atoms with Crippen molar-refractivity contribution in [2.75, 3.05) is 7.05 Å². The summed E-state index contributed by atoms with van der Waals surface area (Å²) in [6, 6.07) is 2.48.